The van der Waals surface area contributed by atoms with Crippen molar-refractivity contribution in [2.45, 2.75) is 0 Å². The first-order valence-electron chi connectivity index (χ1n) is 18.3. The van der Waals surface area contributed by atoms with E-state index in [0.717, 1.165) is 0 Å². The van der Waals surface area contributed by atoms with Gasteiger partial charge in [0.05, 0.1) is 0 Å². The predicted molar refractivity (Wildman–Crippen MR) is 231 cm³/mol. The lowest BCUT2D eigenvalue weighted by Crippen LogP contribution is -1.92. The van der Waals surface area contributed by atoms with E-state index in [1.165, 1.54) is 108 Å². The lowest BCUT2D eigenvalue weighted by atomic mass is 9.84. The third-order valence-electron chi connectivity index (χ3n) is 11.1. The first-order chi connectivity index (χ1) is 26.3. The highest BCUT2D eigenvalue weighted by Crippen LogP contribution is 2.49. The maximum Gasteiger partial charge on any atom is 0.0362 e. The molecule has 11 rings (SSSR count). The van der Waals surface area contributed by atoms with Crippen LogP contribution in [-0.4, -0.2) is 0 Å². The molecule has 0 aliphatic rings. The van der Waals surface area contributed by atoms with Gasteiger partial charge in [-0.05, 0) is 99.7 Å². The summed E-state index contributed by atoms with van der Waals surface area (Å²) in [4.78, 5) is 0. The van der Waals surface area contributed by atoms with E-state index < -0.39 is 0 Å². The first-order valence-corrected chi connectivity index (χ1v) is 19.1. The zero-order valence-electron chi connectivity index (χ0n) is 28.9. The summed E-state index contributed by atoms with van der Waals surface area (Å²) in [7, 11) is 0. The van der Waals surface area contributed by atoms with E-state index in [2.05, 4.69) is 194 Å². The molecule has 246 valence electrons. The molecule has 53 heavy (non-hydrogen) atoms. The van der Waals surface area contributed by atoms with Gasteiger partial charge >= 0.3 is 0 Å². The van der Waals surface area contributed by atoms with Crippen LogP contribution in [0.15, 0.2) is 194 Å². The second-order valence-corrected chi connectivity index (χ2v) is 15.0. The number of hydrogen-bond acceptors (Lipinski definition) is 1. The van der Waals surface area contributed by atoms with Crippen molar-refractivity contribution in [2.24, 2.45) is 0 Å². The van der Waals surface area contributed by atoms with Gasteiger partial charge in [-0.3, -0.25) is 0 Å². The molecule has 0 fully saturated rings. The minimum absolute atomic E-state index is 1.21. The average molecular weight is 689 g/mol. The van der Waals surface area contributed by atoms with Gasteiger partial charge in [-0.1, -0.05) is 182 Å². The zero-order valence-corrected chi connectivity index (χ0v) is 29.7. The Labute approximate surface area is 311 Å². The van der Waals surface area contributed by atoms with E-state index in [4.69, 9.17) is 0 Å². The van der Waals surface area contributed by atoms with Gasteiger partial charge in [0.2, 0.25) is 0 Å². The molecular formula is C52H32S. The molecule has 1 aromatic heterocycles. The molecule has 0 unspecified atom stereocenters. The minimum Gasteiger partial charge on any atom is -0.135 e. The molecule has 0 radical (unpaired) electrons. The van der Waals surface area contributed by atoms with E-state index >= 15 is 0 Å². The second-order valence-electron chi connectivity index (χ2n) is 13.9. The molecule has 0 aliphatic heterocycles. The van der Waals surface area contributed by atoms with Crippen LogP contribution in [0.25, 0.3) is 108 Å². The lowest BCUT2D eigenvalue weighted by molar-refractivity contribution is 1.59. The highest BCUT2D eigenvalue weighted by atomic mass is 32.1. The fourth-order valence-corrected chi connectivity index (χ4v) is 9.92. The van der Waals surface area contributed by atoms with Crippen molar-refractivity contribution in [3.05, 3.63) is 194 Å². The maximum atomic E-state index is 2.34. The summed E-state index contributed by atoms with van der Waals surface area (Å²) in [5.41, 5.74) is 10.1. The molecule has 1 heteroatoms. The van der Waals surface area contributed by atoms with E-state index in [1.54, 1.807) is 0 Å². The molecule has 0 bridgehead atoms. The quantitative estimate of drug-likeness (QED) is 0.162. The summed E-state index contributed by atoms with van der Waals surface area (Å²) in [6, 6.07) is 71.6. The molecular weight excluding hydrogens is 657 g/mol. The van der Waals surface area contributed by atoms with Gasteiger partial charge in [-0.15, -0.1) is 11.3 Å². The molecule has 0 atom stereocenters. The SMILES string of the molecule is c1ccc(-c2cccc3ccccc23)c(-c2ccc(-c3c4ccccc4c(-c4cccc5sc6ccc7ccccc7c6c45)c4ccccc34)cc2)c1. The molecule has 0 N–H and O–H groups in total. The number of hydrogen-bond donors (Lipinski definition) is 0. The predicted octanol–water partition coefficient (Wildman–Crippen LogP) is 15.3. The van der Waals surface area contributed by atoms with Crippen LogP contribution in [0.3, 0.4) is 0 Å². The fraction of sp³-hybridized carbons (Fsp3) is 0. The van der Waals surface area contributed by atoms with Crippen molar-refractivity contribution in [1.29, 1.82) is 0 Å². The van der Waals surface area contributed by atoms with E-state index in [0.29, 0.717) is 0 Å². The van der Waals surface area contributed by atoms with Crippen LogP contribution in [0.4, 0.5) is 0 Å². The highest BCUT2D eigenvalue weighted by Gasteiger charge is 2.20. The Morgan fingerprint density at radius 2 is 0.717 bits per heavy atom. The number of thiophene rings is 1. The second kappa shape index (κ2) is 12.0. The van der Waals surface area contributed by atoms with E-state index in [-0.39, 0.29) is 0 Å². The normalized spacial score (nSPS) is 11.8. The summed E-state index contributed by atoms with van der Waals surface area (Å²) in [6.07, 6.45) is 0. The Balaban J connectivity index is 1.13. The third kappa shape index (κ3) is 4.68. The smallest absolute Gasteiger partial charge is 0.0362 e. The lowest BCUT2D eigenvalue weighted by Gasteiger charge is -2.19. The molecule has 0 amide bonds. The van der Waals surface area contributed by atoms with Crippen LogP contribution >= 0.6 is 11.3 Å². The van der Waals surface area contributed by atoms with Gasteiger partial charge in [-0.2, -0.15) is 0 Å². The van der Waals surface area contributed by atoms with Crippen molar-refractivity contribution in [3.8, 4) is 44.5 Å². The van der Waals surface area contributed by atoms with Crippen molar-refractivity contribution in [3.63, 3.8) is 0 Å². The van der Waals surface area contributed by atoms with Crippen molar-refractivity contribution < 1.29 is 0 Å². The van der Waals surface area contributed by atoms with Gasteiger partial charge in [0.1, 0.15) is 0 Å². The highest BCUT2D eigenvalue weighted by molar-refractivity contribution is 7.26. The van der Waals surface area contributed by atoms with E-state index in [9.17, 15) is 0 Å². The summed E-state index contributed by atoms with van der Waals surface area (Å²) < 4.78 is 2.66. The summed E-state index contributed by atoms with van der Waals surface area (Å²) in [5, 5.41) is 12.9. The summed E-state index contributed by atoms with van der Waals surface area (Å²) in [5.74, 6) is 0. The van der Waals surface area contributed by atoms with Crippen molar-refractivity contribution in [1.82, 2.24) is 0 Å². The van der Waals surface area contributed by atoms with Crippen LogP contribution < -0.4 is 0 Å². The largest absolute Gasteiger partial charge is 0.135 e. The van der Waals surface area contributed by atoms with Crippen LogP contribution in [0.1, 0.15) is 0 Å². The fourth-order valence-electron chi connectivity index (χ4n) is 8.77. The van der Waals surface area contributed by atoms with Gasteiger partial charge in [0.25, 0.3) is 0 Å². The summed E-state index contributed by atoms with van der Waals surface area (Å²) in [6.45, 7) is 0. The van der Waals surface area contributed by atoms with Gasteiger partial charge < -0.3 is 0 Å². The van der Waals surface area contributed by atoms with E-state index in [1.807, 2.05) is 11.3 Å². The Morgan fingerprint density at radius 3 is 1.43 bits per heavy atom. The van der Waals surface area contributed by atoms with Gasteiger partial charge in [-0.25, -0.2) is 0 Å². The van der Waals surface area contributed by atoms with Gasteiger partial charge in [0, 0.05) is 20.2 Å². The molecule has 0 saturated carbocycles. The molecule has 0 nitrogen and oxygen atoms in total. The molecule has 1 heterocycles. The Kier molecular flexibility index (Phi) is 6.83. The Bertz CT molecular complexity index is 3150. The molecule has 0 spiro atoms. The average Bonchev–Trinajstić information content (AvgIpc) is 3.63. The van der Waals surface area contributed by atoms with Crippen LogP contribution in [-0.2, 0) is 0 Å². The van der Waals surface area contributed by atoms with Gasteiger partial charge in [0.15, 0.2) is 0 Å². The van der Waals surface area contributed by atoms with Crippen LogP contribution in [0.5, 0.6) is 0 Å². The Hall–Kier alpha value is -6.54. The number of rotatable bonds is 4. The number of benzene rings is 10. The van der Waals surface area contributed by atoms with Crippen LogP contribution in [0, 0.1) is 0 Å². The third-order valence-corrected chi connectivity index (χ3v) is 12.2. The van der Waals surface area contributed by atoms with Crippen molar-refractivity contribution in [2.75, 3.05) is 0 Å². The standard InChI is InChI=1S/C52H32S/c1-3-16-37-33(13-1)15-11-24-41(37)40-19-6-5-17-38(40)35-27-29-36(30-28-35)49-42-20-7-9-22-44(42)50(45-23-10-8-21-43(45)49)46-25-12-26-47-52(46)51-39-18-4-2-14-34(39)31-32-48(51)53-47/h1-32H. The summed E-state index contributed by atoms with van der Waals surface area (Å²) >= 11 is 1.90. The molecule has 0 saturated heterocycles. The topological polar surface area (TPSA) is 0 Å². The first kappa shape index (κ1) is 30.1. The van der Waals surface area contributed by atoms with Crippen LogP contribution in [0.2, 0.25) is 0 Å². The van der Waals surface area contributed by atoms with Crippen molar-refractivity contribution >= 4 is 74.6 Å². The number of fused-ring (bicyclic) bond motifs is 8. The zero-order chi connectivity index (χ0) is 34.9. The molecule has 10 aromatic carbocycles. The molecule has 11 aromatic rings. The maximum absolute atomic E-state index is 2.34. The molecule has 0 aliphatic carbocycles. The monoisotopic (exact) mass is 688 g/mol. The Morgan fingerprint density at radius 1 is 0.245 bits per heavy atom. The minimum atomic E-state index is 1.21.